The van der Waals surface area contributed by atoms with Crippen molar-refractivity contribution in [3.8, 4) is 12.3 Å². The second-order valence-corrected chi connectivity index (χ2v) is 4.71. The Morgan fingerprint density at radius 1 is 1.43 bits per heavy atom. The Hall–Kier alpha value is -2.48. The summed E-state index contributed by atoms with van der Waals surface area (Å²) in [5.41, 5.74) is 1.50. The first-order chi connectivity index (χ1) is 10.0. The number of amides is 2. The second kappa shape index (κ2) is 8.64. The van der Waals surface area contributed by atoms with Gasteiger partial charge in [0.2, 0.25) is 0 Å². The van der Waals surface area contributed by atoms with Crippen LogP contribution < -0.4 is 10.6 Å². The van der Waals surface area contributed by atoms with Crippen LogP contribution in [0.4, 0.5) is 10.5 Å². The molecule has 1 aromatic rings. The fraction of sp³-hybridized carbons (Fsp3) is 0.375. The smallest absolute Gasteiger partial charge is 0.319 e. The van der Waals surface area contributed by atoms with Gasteiger partial charge in [-0.2, -0.15) is 0 Å². The largest absolute Gasteiger partial charge is 0.481 e. The van der Waals surface area contributed by atoms with E-state index in [4.69, 9.17) is 11.5 Å². The number of hydrogen-bond acceptors (Lipinski definition) is 2. The molecule has 1 atom stereocenters. The number of terminal acetylenes is 1. The van der Waals surface area contributed by atoms with E-state index in [2.05, 4.69) is 16.6 Å². The van der Waals surface area contributed by atoms with Gasteiger partial charge in [0.25, 0.3) is 0 Å². The van der Waals surface area contributed by atoms with Crippen LogP contribution in [0.5, 0.6) is 0 Å². The van der Waals surface area contributed by atoms with Crippen LogP contribution in [-0.4, -0.2) is 23.1 Å². The lowest BCUT2D eigenvalue weighted by atomic mass is 10.1. The number of nitrogens with one attached hydrogen (secondary N) is 2. The summed E-state index contributed by atoms with van der Waals surface area (Å²) in [5, 5.41) is 14.2. The highest BCUT2D eigenvalue weighted by Gasteiger charge is 2.09. The van der Waals surface area contributed by atoms with Crippen LogP contribution in [0.2, 0.25) is 0 Å². The minimum absolute atomic E-state index is 0.0507. The molecule has 0 fully saturated rings. The highest BCUT2D eigenvalue weighted by molar-refractivity contribution is 5.89. The number of anilines is 1. The van der Waals surface area contributed by atoms with Gasteiger partial charge in [0.1, 0.15) is 0 Å². The quantitative estimate of drug-likeness (QED) is 0.675. The van der Waals surface area contributed by atoms with E-state index in [-0.39, 0.29) is 18.5 Å². The van der Waals surface area contributed by atoms with Crippen molar-refractivity contribution >= 4 is 17.7 Å². The van der Waals surface area contributed by atoms with E-state index in [1.54, 1.807) is 18.2 Å². The number of carbonyl (C=O) groups is 2. The fourth-order valence-corrected chi connectivity index (χ4v) is 1.85. The van der Waals surface area contributed by atoms with Crippen molar-refractivity contribution in [2.24, 2.45) is 0 Å². The maximum atomic E-state index is 11.8. The molecule has 0 aliphatic heterocycles. The maximum absolute atomic E-state index is 11.8. The zero-order valence-electron chi connectivity index (χ0n) is 12.1. The molecule has 21 heavy (non-hydrogen) atoms. The summed E-state index contributed by atoms with van der Waals surface area (Å²) >= 11 is 0. The van der Waals surface area contributed by atoms with Crippen molar-refractivity contribution in [3.63, 3.8) is 0 Å². The molecule has 0 aliphatic rings. The van der Waals surface area contributed by atoms with Gasteiger partial charge in [0.05, 0.1) is 0 Å². The summed E-state index contributed by atoms with van der Waals surface area (Å²) in [5.74, 6) is 1.68. The summed E-state index contributed by atoms with van der Waals surface area (Å²) in [6, 6.07) is 6.78. The summed E-state index contributed by atoms with van der Waals surface area (Å²) in [7, 11) is 0. The molecule has 0 saturated heterocycles. The third kappa shape index (κ3) is 6.48. The van der Waals surface area contributed by atoms with Gasteiger partial charge in [-0.1, -0.05) is 19.1 Å². The van der Waals surface area contributed by atoms with Crippen molar-refractivity contribution in [1.82, 2.24) is 5.32 Å². The van der Waals surface area contributed by atoms with Gasteiger partial charge in [-0.15, -0.1) is 12.3 Å². The van der Waals surface area contributed by atoms with Gasteiger partial charge in [0, 0.05) is 24.6 Å². The topological polar surface area (TPSA) is 78.4 Å². The highest BCUT2D eigenvalue weighted by Crippen LogP contribution is 2.12. The van der Waals surface area contributed by atoms with Crippen LogP contribution in [0.3, 0.4) is 0 Å². The number of carboxylic acids is 1. The number of aliphatic carboxylic acids is 1. The number of hydrogen-bond donors (Lipinski definition) is 3. The van der Waals surface area contributed by atoms with Gasteiger partial charge in [-0.25, -0.2) is 4.79 Å². The van der Waals surface area contributed by atoms with Crippen molar-refractivity contribution in [1.29, 1.82) is 0 Å². The molecule has 0 saturated carbocycles. The molecule has 1 unspecified atom stereocenters. The van der Waals surface area contributed by atoms with Gasteiger partial charge < -0.3 is 15.7 Å². The molecule has 112 valence electrons. The Balaban J connectivity index is 2.57. The van der Waals surface area contributed by atoms with E-state index in [9.17, 15) is 9.59 Å². The van der Waals surface area contributed by atoms with Crippen LogP contribution >= 0.6 is 0 Å². The number of carbonyl (C=O) groups excluding carboxylic acids is 1. The molecule has 3 N–H and O–H groups in total. The van der Waals surface area contributed by atoms with Crippen molar-refractivity contribution in [2.75, 3.05) is 5.32 Å². The third-order valence-corrected chi connectivity index (χ3v) is 3.00. The molecular weight excluding hydrogens is 268 g/mol. The molecule has 0 bridgehead atoms. The van der Waals surface area contributed by atoms with Gasteiger partial charge >= 0.3 is 12.0 Å². The Bertz CT molecular complexity index is 535. The molecule has 0 radical (unpaired) electrons. The second-order valence-electron chi connectivity index (χ2n) is 4.71. The number of benzene rings is 1. The summed E-state index contributed by atoms with van der Waals surface area (Å²) in [4.78, 5) is 22.4. The molecule has 2 amide bonds. The zero-order chi connectivity index (χ0) is 15.7. The molecule has 0 aliphatic carbocycles. The number of rotatable bonds is 7. The predicted molar refractivity (Wildman–Crippen MR) is 82.1 cm³/mol. The van der Waals surface area contributed by atoms with Gasteiger partial charge in [-0.05, 0) is 30.5 Å². The molecule has 1 rings (SSSR count). The highest BCUT2D eigenvalue weighted by atomic mass is 16.4. The molecule has 0 aromatic heterocycles. The van der Waals surface area contributed by atoms with E-state index < -0.39 is 5.97 Å². The van der Waals surface area contributed by atoms with Gasteiger partial charge in [0.15, 0.2) is 0 Å². The maximum Gasteiger partial charge on any atom is 0.319 e. The zero-order valence-corrected chi connectivity index (χ0v) is 12.1. The minimum Gasteiger partial charge on any atom is -0.481 e. The Morgan fingerprint density at radius 2 is 2.19 bits per heavy atom. The standard InChI is InChI=1S/C16H20N2O3/c1-3-6-13(4-2)17-16(21)18-14-8-5-7-12(11-14)9-10-15(19)20/h1,5,7-8,11,13H,4,6,9-10H2,2H3,(H,19,20)(H2,17,18,21). The summed E-state index contributed by atoms with van der Waals surface area (Å²) in [6.07, 6.45) is 6.99. The first-order valence-corrected chi connectivity index (χ1v) is 6.86. The lowest BCUT2D eigenvalue weighted by Crippen LogP contribution is -2.37. The number of urea groups is 1. The Kier molecular flexibility index (Phi) is 6.82. The molecule has 0 spiro atoms. The van der Waals surface area contributed by atoms with Crippen LogP contribution in [0.1, 0.15) is 31.7 Å². The summed E-state index contributed by atoms with van der Waals surface area (Å²) < 4.78 is 0. The van der Waals surface area contributed by atoms with Crippen LogP contribution in [0.25, 0.3) is 0 Å². The van der Waals surface area contributed by atoms with E-state index >= 15 is 0 Å². The van der Waals surface area contributed by atoms with Crippen molar-refractivity contribution in [2.45, 2.75) is 38.6 Å². The number of aryl methyl sites for hydroxylation is 1. The Labute approximate surface area is 124 Å². The van der Waals surface area contributed by atoms with E-state index in [1.807, 2.05) is 13.0 Å². The molecule has 5 nitrogen and oxygen atoms in total. The average Bonchev–Trinajstić information content (AvgIpc) is 2.45. The SMILES string of the molecule is C#CCC(CC)NC(=O)Nc1cccc(CCC(=O)O)c1. The lowest BCUT2D eigenvalue weighted by Gasteiger charge is -2.15. The first kappa shape index (κ1) is 16.6. The van der Waals surface area contributed by atoms with Crippen LogP contribution in [0, 0.1) is 12.3 Å². The third-order valence-electron chi connectivity index (χ3n) is 3.00. The first-order valence-electron chi connectivity index (χ1n) is 6.86. The summed E-state index contributed by atoms with van der Waals surface area (Å²) in [6.45, 7) is 1.95. The molecule has 0 heterocycles. The van der Waals surface area contributed by atoms with Crippen molar-refractivity contribution < 1.29 is 14.7 Å². The normalized spacial score (nSPS) is 11.2. The molecular formula is C16H20N2O3. The van der Waals surface area contributed by atoms with Crippen LogP contribution in [0.15, 0.2) is 24.3 Å². The number of carboxylic acid groups (broad SMARTS) is 1. The molecule has 5 heteroatoms. The Morgan fingerprint density at radius 3 is 2.81 bits per heavy atom. The van der Waals surface area contributed by atoms with Crippen LogP contribution in [-0.2, 0) is 11.2 Å². The van der Waals surface area contributed by atoms with E-state index in [1.165, 1.54) is 0 Å². The monoisotopic (exact) mass is 288 g/mol. The van der Waals surface area contributed by atoms with E-state index in [0.717, 1.165) is 12.0 Å². The lowest BCUT2D eigenvalue weighted by molar-refractivity contribution is -0.136. The van der Waals surface area contributed by atoms with Crippen molar-refractivity contribution in [3.05, 3.63) is 29.8 Å². The molecule has 1 aromatic carbocycles. The fourth-order valence-electron chi connectivity index (χ4n) is 1.85. The van der Waals surface area contributed by atoms with E-state index in [0.29, 0.717) is 18.5 Å². The average molecular weight is 288 g/mol. The predicted octanol–water partition coefficient (Wildman–Crippen LogP) is 2.63. The van der Waals surface area contributed by atoms with Gasteiger partial charge in [-0.3, -0.25) is 4.79 Å². The minimum atomic E-state index is -0.842.